The first kappa shape index (κ1) is 9.38. The molecule has 0 saturated carbocycles. The Morgan fingerprint density at radius 3 is 2.55 bits per heavy atom. The van der Waals surface area contributed by atoms with E-state index in [9.17, 15) is 9.00 Å². The van der Waals surface area contributed by atoms with Crippen molar-refractivity contribution in [3.63, 3.8) is 0 Å². The van der Waals surface area contributed by atoms with Crippen LogP contribution in [-0.4, -0.2) is 9.96 Å². The van der Waals surface area contributed by atoms with E-state index in [0.717, 1.165) is 10.3 Å². The second kappa shape index (κ2) is 3.80. The maximum absolute atomic E-state index is 11.2. The SMILES string of the molecule is CCS(=O)c1ssc(=O)c1Cl. The van der Waals surface area contributed by atoms with Crippen molar-refractivity contribution in [2.24, 2.45) is 0 Å². The highest BCUT2D eigenvalue weighted by Crippen LogP contribution is 2.24. The summed E-state index contributed by atoms with van der Waals surface area (Å²) in [5.74, 6) is 0.506. The zero-order chi connectivity index (χ0) is 8.43. The number of halogens is 1. The van der Waals surface area contributed by atoms with Crippen LogP contribution in [0.15, 0.2) is 9.00 Å². The normalized spacial score (nSPS) is 13.3. The summed E-state index contributed by atoms with van der Waals surface area (Å²) in [6, 6.07) is 0. The topological polar surface area (TPSA) is 34.1 Å². The molecule has 1 atom stereocenters. The highest BCUT2D eigenvalue weighted by Gasteiger charge is 2.12. The molecule has 6 heteroatoms. The van der Waals surface area contributed by atoms with E-state index in [-0.39, 0.29) is 9.77 Å². The van der Waals surface area contributed by atoms with Gasteiger partial charge >= 0.3 is 0 Å². The van der Waals surface area contributed by atoms with E-state index in [1.807, 2.05) is 0 Å². The summed E-state index contributed by atoms with van der Waals surface area (Å²) in [6.07, 6.45) is 0. The highest BCUT2D eigenvalue weighted by atomic mass is 35.5. The molecule has 11 heavy (non-hydrogen) atoms. The summed E-state index contributed by atoms with van der Waals surface area (Å²) in [5.41, 5.74) is 0. The van der Waals surface area contributed by atoms with Crippen LogP contribution in [-0.2, 0) is 10.8 Å². The summed E-state index contributed by atoms with van der Waals surface area (Å²) in [7, 11) is 1.16. The van der Waals surface area contributed by atoms with Crippen LogP contribution in [0.2, 0.25) is 5.02 Å². The van der Waals surface area contributed by atoms with Crippen molar-refractivity contribution in [1.82, 2.24) is 0 Å². The van der Waals surface area contributed by atoms with Gasteiger partial charge in [-0.2, -0.15) is 0 Å². The molecule has 0 radical (unpaired) electrons. The monoisotopic (exact) mass is 228 g/mol. The Balaban J connectivity index is 3.15. The third-order valence-electron chi connectivity index (χ3n) is 1.02. The molecule has 1 heterocycles. The lowest BCUT2D eigenvalue weighted by atomic mass is 10.8. The van der Waals surface area contributed by atoms with Gasteiger partial charge in [-0.1, -0.05) is 28.9 Å². The van der Waals surface area contributed by atoms with E-state index in [1.165, 1.54) is 10.3 Å². The molecule has 0 aliphatic heterocycles. The summed E-state index contributed by atoms with van der Waals surface area (Å²) < 4.78 is 11.5. The van der Waals surface area contributed by atoms with Gasteiger partial charge in [-0.3, -0.25) is 9.00 Å². The fourth-order valence-corrected chi connectivity index (χ4v) is 5.04. The molecule has 1 unspecified atom stereocenters. The van der Waals surface area contributed by atoms with Gasteiger partial charge in [-0.25, -0.2) is 0 Å². The predicted molar refractivity (Wildman–Crippen MR) is 50.4 cm³/mol. The second-order valence-electron chi connectivity index (χ2n) is 1.69. The van der Waals surface area contributed by atoms with Crippen molar-refractivity contribution in [1.29, 1.82) is 0 Å². The van der Waals surface area contributed by atoms with Gasteiger partial charge in [0.1, 0.15) is 9.23 Å². The molecule has 1 rings (SSSR count). The van der Waals surface area contributed by atoms with Crippen LogP contribution in [0.25, 0.3) is 0 Å². The summed E-state index contributed by atoms with van der Waals surface area (Å²) in [6.45, 7) is 1.79. The largest absolute Gasteiger partial charge is 0.275 e. The maximum atomic E-state index is 11.2. The van der Waals surface area contributed by atoms with Crippen molar-refractivity contribution in [2.75, 3.05) is 5.75 Å². The Kier molecular flexibility index (Phi) is 3.24. The lowest BCUT2D eigenvalue weighted by molar-refractivity contribution is 0.685. The molecule has 0 spiro atoms. The molecule has 2 nitrogen and oxygen atoms in total. The van der Waals surface area contributed by atoms with Crippen molar-refractivity contribution in [3.05, 3.63) is 14.6 Å². The first-order valence-electron chi connectivity index (χ1n) is 2.83. The van der Waals surface area contributed by atoms with Gasteiger partial charge in [0, 0.05) is 5.75 Å². The van der Waals surface area contributed by atoms with Gasteiger partial charge in [-0.15, -0.1) is 0 Å². The minimum absolute atomic E-state index is 0.139. The van der Waals surface area contributed by atoms with Gasteiger partial charge in [0.05, 0.1) is 10.8 Å². The minimum atomic E-state index is -1.08. The molecular weight excluding hydrogens is 224 g/mol. The molecule has 0 fully saturated rings. The summed E-state index contributed by atoms with van der Waals surface area (Å²) in [4.78, 5) is 10.8. The van der Waals surface area contributed by atoms with Crippen LogP contribution in [0.5, 0.6) is 0 Å². The fraction of sp³-hybridized carbons (Fsp3) is 0.400. The lowest BCUT2D eigenvalue weighted by Gasteiger charge is -1.90. The summed E-state index contributed by atoms with van der Waals surface area (Å²) in [5, 5.41) is 0.139. The van der Waals surface area contributed by atoms with E-state index >= 15 is 0 Å². The molecule has 1 aromatic heterocycles. The van der Waals surface area contributed by atoms with Crippen LogP contribution in [0.4, 0.5) is 0 Å². The van der Waals surface area contributed by atoms with E-state index in [4.69, 9.17) is 11.6 Å². The van der Waals surface area contributed by atoms with Gasteiger partial charge in [0.25, 0.3) is 4.74 Å². The molecule has 0 amide bonds. The van der Waals surface area contributed by atoms with E-state index < -0.39 is 10.8 Å². The van der Waals surface area contributed by atoms with Gasteiger partial charge in [0.2, 0.25) is 0 Å². The van der Waals surface area contributed by atoms with Crippen LogP contribution >= 0.6 is 32.3 Å². The molecule has 0 bridgehead atoms. The lowest BCUT2D eigenvalue weighted by Crippen LogP contribution is -1.95. The zero-order valence-corrected chi connectivity index (χ0v) is 8.83. The van der Waals surface area contributed by atoms with E-state index in [2.05, 4.69) is 0 Å². The Morgan fingerprint density at radius 1 is 1.55 bits per heavy atom. The predicted octanol–water partition coefficient (Wildman–Crippen LogP) is 1.95. The average molecular weight is 229 g/mol. The first-order chi connectivity index (χ1) is 5.16. The molecule has 0 aliphatic carbocycles. The van der Waals surface area contributed by atoms with E-state index in [0.29, 0.717) is 9.96 Å². The maximum Gasteiger partial charge on any atom is 0.262 e. The zero-order valence-electron chi connectivity index (χ0n) is 5.63. The van der Waals surface area contributed by atoms with E-state index in [1.54, 1.807) is 6.92 Å². The van der Waals surface area contributed by atoms with Crippen molar-refractivity contribution >= 4 is 43.1 Å². The molecule has 0 saturated heterocycles. The average Bonchev–Trinajstić information content (AvgIpc) is 2.32. The standard InChI is InChI=1S/C5H5ClO2S3/c1-2-11(8)5-3(6)4(7)9-10-5/h2H2,1H3. The summed E-state index contributed by atoms with van der Waals surface area (Å²) >= 11 is 5.60. The number of hydrogen-bond donors (Lipinski definition) is 0. The second-order valence-corrected chi connectivity index (χ2v) is 6.12. The molecular formula is C5H5ClO2S3. The quantitative estimate of drug-likeness (QED) is 0.726. The molecule has 1 aromatic rings. The first-order valence-corrected chi connectivity index (χ1v) is 6.68. The van der Waals surface area contributed by atoms with Crippen molar-refractivity contribution in [3.8, 4) is 0 Å². The van der Waals surface area contributed by atoms with Gasteiger partial charge in [0.15, 0.2) is 0 Å². The molecule has 0 aromatic carbocycles. The van der Waals surface area contributed by atoms with Crippen LogP contribution < -0.4 is 4.74 Å². The van der Waals surface area contributed by atoms with Gasteiger partial charge < -0.3 is 0 Å². The fourth-order valence-electron chi connectivity index (χ4n) is 0.501. The van der Waals surface area contributed by atoms with Crippen LogP contribution in [0.3, 0.4) is 0 Å². The Labute approximate surface area is 78.7 Å². The minimum Gasteiger partial charge on any atom is -0.275 e. The van der Waals surface area contributed by atoms with Gasteiger partial charge in [-0.05, 0) is 10.3 Å². The van der Waals surface area contributed by atoms with Crippen LogP contribution in [0, 0.1) is 0 Å². The Morgan fingerprint density at radius 2 is 2.18 bits per heavy atom. The number of rotatable bonds is 2. The Bertz CT molecular complexity index is 327. The Hall–Kier alpha value is 0.290. The molecule has 62 valence electrons. The smallest absolute Gasteiger partial charge is 0.262 e. The third kappa shape index (κ3) is 1.90. The third-order valence-corrected chi connectivity index (χ3v) is 5.98. The van der Waals surface area contributed by atoms with Crippen molar-refractivity contribution in [2.45, 2.75) is 11.1 Å². The molecule has 0 aliphatic rings. The number of hydrogen-bond acceptors (Lipinski definition) is 4. The van der Waals surface area contributed by atoms with Crippen LogP contribution in [0.1, 0.15) is 6.92 Å². The molecule has 0 N–H and O–H groups in total. The van der Waals surface area contributed by atoms with Crippen molar-refractivity contribution < 1.29 is 4.21 Å². The highest BCUT2D eigenvalue weighted by molar-refractivity contribution is 7.90.